The number of hydrogen-bond donors (Lipinski definition) is 5. The Morgan fingerprint density at radius 3 is 2.19 bits per heavy atom. The highest BCUT2D eigenvalue weighted by Crippen LogP contribution is 2.29. The summed E-state index contributed by atoms with van der Waals surface area (Å²) in [4.78, 5) is 11.5. The van der Waals surface area contributed by atoms with Gasteiger partial charge in [0.25, 0.3) is 0 Å². The molecule has 16 heavy (non-hydrogen) atoms. The lowest BCUT2D eigenvalue weighted by molar-refractivity contribution is -0.151. The largest absolute Gasteiger partial charge is 0.394 e. The molecule has 7 nitrogen and oxygen atoms in total. The Kier molecular flexibility index (Phi) is 4.00. The molecule has 0 aromatic rings. The molecule has 1 unspecified atom stereocenters. The van der Waals surface area contributed by atoms with E-state index in [4.69, 9.17) is 14.9 Å². The van der Waals surface area contributed by atoms with Crippen LogP contribution >= 0.6 is 0 Å². The van der Waals surface area contributed by atoms with Crippen molar-refractivity contribution in [2.75, 3.05) is 13.2 Å². The number of carbonyl (C=O) groups is 1. The zero-order chi connectivity index (χ0) is 12.5. The van der Waals surface area contributed by atoms with Gasteiger partial charge < -0.3 is 30.3 Å². The van der Waals surface area contributed by atoms with E-state index in [0.29, 0.717) is 0 Å². The summed E-state index contributed by atoms with van der Waals surface area (Å²) in [5.41, 5.74) is -1.12. The van der Waals surface area contributed by atoms with Gasteiger partial charge in [0.1, 0.15) is 30.0 Å². The monoisotopic (exact) mass is 236 g/mol. The molecule has 1 saturated heterocycles. The maximum atomic E-state index is 11.5. The second-order valence-corrected chi connectivity index (χ2v) is 4.06. The summed E-state index contributed by atoms with van der Waals surface area (Å²) in [5.74, 6) is -0.760. The fourth-order valence-electron chi connectivity index (χ4n) is 1.24. The van der Waals surface area contributed by atoms with E-state index in [2.05, 4.69) is 0 Å². The van der Waals surface area contributed by atoms with Crippen LogP contribution in [0.25, 0.3) is 0 Å². The van der Waals surface area contributed by atoms with Crippen molar-refractivity contribution in [2.45, 2.75) is 36.9 Å². The molecule has 5 N–H and O–H groups in total. The summed E-state index contributed by atoms with van der Waals surface area (Å²) >= 11 is 0. The van der Waals surface area contributed by atoms with Crippen LogP contribution in [0.2, 0.25) is 0 Å². The average Bonchev–Trinajstić information content (AvgIpc) is 3.03. The molecule has 0 aromatic heterocycles. The second-order valence-electron chi connectivity index (χ2n) is 4.06. The molecular weight excluding hydrogens is 220 g/mol. The molecule has 0 spiro atoms. The van der Waals surface area contributed by atoms with Gasteiger partial charge in [0.05, 0.1) is 13.2 Å². The molecule has 1 aliphatic rings. The van der Waals surface area contributed by atoms with E-state index >= 15 is 0 Å². The summed E-state index contributed by atoms with van der Waals surface area (Å²) < 4.78 is 4.78. The number of aliphatic hydroxyl groups is 5. The third kappa shape index (κ3) is 2.57. The van der Waals surface area contributed by atoms with Crippen molar-refractivity contribution < 1.29 is 35.1 Å². The Bertz CT molecular complexity index is 263. The van der Waals surface area contributed by atoms with E-state index in [0.717, 1.165) is 0 Å². The minimum absolute atomic E-state index is 0.147. The maximum absolute atomic E-state index is 11.5. The van der Waals surface area contributed by atoms with Gasteiger partial charge in [-0.3, -0.25) is 4.79 Å². The third-order valence-electron chi connectivity index (χ3n) is 2.62. The summed E-state index contributed by atoms with van der Waals surface area (Å²) in [5, 5.41) is 45.7. The number of ketones is 1. The number of aliphatic hydroxyl groups excluding tert-OH is 5. The number of rotatable bonds is 6. The Morgan fingerprint density at radius 1 is 1.31 bits per heavy atom. The fraction of sp³-hybridized carbons (Fsp3) is 0.889. The van der Waals surface area contributed by atoms with Gasteiger partial charge in [-0.2, -0.15) is 0 Å². The highest BCUT2D eigenvalue weighted by atomic mass is 16.6. The van der Waals surface area contributed by atoms with Gasteiger partial charge >= 0.3 is 0 Å². The lowest BCUT2D eigenvalue weighted by Gasteiger charge is -2.25. The SMILES string of the molecule is CC1(C(=O)[C@H](O)[C@@H](O)[C@H](O)[C@H](O)CO)CO1. The van der Waals surface area contributed by atoms with Crippen molar-refractivity contribution >= 4 is 5.78 Å². The van der Waals surface area contributed by atoms with E-state index < -0.39 is 42.4 Å². The van der Waals surface area contributed by atoms with E-state index in [1.165, 1.54) is 6.92 Å². The molecule has 1 rings (SSSR count). The first-order chi connectivity index (χ1) is 7.33. The van der Waals surface area contributed by atoms with Crippen LogP contribution in [0, 0.1) is 0 Å². The molecule has 1 aliphatic heterocycles. The highest BCUT2D eigenvalue weighted by Gasteiger charge is 2.52. The van der Waals surface area contributed by atoms with Crippen LogP contribution in [0.5, 0.6) is 0 Å². The van der Waals surface area contributed by atoms with Crippen LogP contribution in [0.15, 0.2) is 0 Å². The van der Waals surface area contributed by atoms with Crippen molar-refractivity contribution in [3.8, 4) is 0 Å². The Labute approximate surface area is 91.9 Å². The Balaban J connectivity index is 2.59. The first-order valence-electron chi connectivity index (χ1n) is 4.85. The van der Waals surface area contributed by atoms with Crippen LogP contribution < -0.4 is 0 Å². The standard InChI is InChI=1S/C9H16O7/c1-9(3-16-9)8(15)7(14)6(13)5(12)4(11)2-10/h4-7,10-14H,2-3H2,1H3/t4-,5-,6+,7-,9?/m1/s1. The van der Waals surface area contributed by atoms with Crippen molar-refractivity contribution in [3.63, 3.8) is 0 Å². The zero-order valence-corrected chi connectivity index (χ0v) is 8.78. The molecule has 0 saturated carbocycles. The van der Waals surface area contributed by atoms with E-state index in [-0.39, 0.29) is 6.61 Å². The molecule has 0 radical (unpaired) electrons. The van der Waals surface area contributed by atoms with E-state index in [9.17, 15) is 20.1 Å². The molecule has 0 aliphatic carbocycles. The molecule has 94 valence electrons. The minimum atomic E-state index is -1.87. The van der Waals surface area contributed by atoms with Gasteiger partial charge in [0.15, 0.2) is 5.78 Å². The topological polar surface area (TPSA) is 131 Å². The molecule has 0 bridgehead atoms. The van der Waals surface area contributed by atoms with Crippen LogP contribution in [-0.2, 0) is 9.53 Å². The summed E-state index contributed by atoms with van der Waals surface area (Å²) in [6.07, 6.45) is -7.14. The third-order valence-corrected chi connectivity index (χ3v) is 2.62. The van der Waals surface area contributed by atoms with Crippen molar-refractivity contribution in [1.82, 2.24) is 0 Å². The average molecular weight is 236 g/mol. The number of ether oxygens (including phenoxy) is 1. The van der Waals surface area contributed by atoms with Gasteiger partial charge in [-0.25, -0.2) is 0 Å². The van der Waals surface area contributed by atoms with Crippen LogP contribution in [0.3, 0.4) is 0 Å². The van der Waals surface area contributed by atoms with E-state index in [1.54, 1.807) is 0 Å². The minimum Gasteiger partial charge on any atom is -0.394 e. The Hall–Kier alpha value is -0.570. The van der Waals surface area contributed by atoms with Crippen LogP contribution in [0.4, 0.5) is 0 Å². The first kappa shape index (κ1) is 13.5. The van der Waals surface area contributed by atoms with Crippen molar-refractivity contribution in [1.29, 1.82) is 0 Å². The number of carbonyl (C=O) groups excluding carboxylic acids is 1. The van der Waals surface area contributed by atoms with Gasteiger partial charge in [-0.1, -0.05) is 0 Å². The summed E-state index contributed by atoms with van der Waals surface area (Å²) in [7, 11) is 0. The van der Waals surface area contributed by atoms with Gasteiger partial charge in [-0.05, 0) is 6.92 Å². The smallest absolute Gasteiger partial charge is 0.197 e. The van der Waals surface area contributed by atoms with E-state index in [1.807, 2.05) is 0 Å². The Morgan fingerprint density at radius 2 is 1.81 bits per heavy atom. The molecule has 0 amide bonds. The highest BCUT2D eigenvalue weighted by molar-refractivity contribution is 5.93. The lowest BCUT2D eigenvalue weighted by atomic mass is 9.94. The number of Topliss-reactive ketones (excluding diaryl/α,β-unsaturated/α-hetero) is 1. The molecule has 0 aromatic carbocycles. The quantitative estimate of drug-likeness (QED) is 0.307. The molecular formula is C9H16O7. The lowest BCUT2D eigenvalue weighted by Crippen LogP contribution is -2.51. The van der Waals surface area contributed by atoms with Crippen molar-refractivity contribution in [2.24, 2.45) is 0 Å². The fourth-order valence-corrected chi connectivity index (χ4v) is 1.24. The predicted molar refractivity (Wildman–Crippen MR) is 50.5 cm³/mol. The number of hydrogen-bond acceptors (Lipinski definition) is 7. The second kappa shape index (κ2) is 4.74. The predicted octanol–water partition coefficient (Wildman–Crippen LogP) is -3.22. The first-order valence-corrected chi connectivity index (χ1v) is 4.85. The normalized spacial score (nSPS) is 31.6. The molecule has 5 atom stereocenters. The van der Waals surface area contributed by atoms with Crippen LogP contribution in [0.1, 0.15) is 6.92 Å². The maximum Gasteiger partial charge on any atom is 0.197 e. The number of epoxide rings is 1. The molecule has 1 heterocycles. The van der Waals surface area contributed by atoms with Crippen molar-refractivity contribution in [3.05, 3.63) is 0 Å². The molecule has 1 fully saturated rings. The zero-order valence-electron chi connectivity index (χ0n) is 8.78. The summed E-state index contributed by atoms with van der Waals surface area (Å²) in [6.45, 7) is 0.807. The molecule has 7 heteroatoms. The van der Waals surface area contributed by atoms with Gasteiger partial charge in [0, 0.05) is 0 Å². The van der Waals surface area contributed by atoms with Gasteiger partial charge in [-0.15, -0.1) is 0 Å². The summed E-state index contributed by atoms with van der Waals surface area (Å²) in [6, 6.07) is 0. The van der Waals surface area contributed by atoms with Crippen LogP contribution in [-0.4, -0.2) is 74.5 Å². The van der Waals surface area contributed by atoms with Gasteiger partial charge in [0.2, 0.25) is 0 Å².